The molecule has 0 amide bonds. The van der Waals surface area contributed by atoms with E-state index in [9.17, 15) is 0 Å². The first-order valence-electron chi connectivity index (χ1n) is 10.5. The van der Waals surface area contributed by atoms with Gasteiger partial charge in [-0.25, -0.2) is 0 Å². The van der Waals surface area contributed by atoms with Crippen LogP contribution < -0.4 is 26.2 Å². The zero-order valence-corrected chi connectivity index (χ0v) is 20.2. The van der Waals surface area contributed by atoms with Crippen molar-refractivity contribution in [3.8, 4) is 0 Å². The molecule has 0 atom stereocenters. The molecule has 4 aromatic rings. The Kier molecular flexibility index (Phi) is 6.22. The number of anilines is 1. The number of nitrogen functional groups attached to an aromatic ring is 1. The Morgan fingerprint density at radius 2 is 1.23 bits per heavy atom. The summed E-state index contributed by atoms with van der Waals surface area (Å²) in [5.41, 5.74) is 7.13. The van der Waals surface area contributed by atoms with E-state index in [1.54, 1.807) is 0 Å². The molecule has 0 saturated carbocycles. The van der Waals surface area contributed by atoms with Crippen LogP contribution in [0, 0.1) is 6.92 Å². The van der Waals surface area contributed by atoms with Crippen molar-refractivity contribution in [2.45, 2.75) is 19.9 Å². The molecule has 1 heterocycles. The van der Waals surface area contributed by atoms with Gasteiger partial charge >= 0.3 is 193 Å². The van der Waals surface area contributed by atoms with Crippen LogP contribution in [0.2, 0.25) is 0 Å². The zero-order chi connectivity index (χ0) is 21.8. The van der Waals surface area contributed by atoms with Gasteiger partial charge in [-0.05, 0) is 0 Å². The Hall–Kier alpha value is -2.55. The van der Waals surface area contributed by atoms with Gasteiger partial charge in [0.25, 0.3) is 0 Å². The Balaban J connectivity index is 1.84. The van der Waals surface area contributed by atoms with Crippen LogP contribution in [-0.4, -0.2) is 11.1 Å². The molecule has 0 radical (unpaired) electrons. The third-order valence-corrected chi connectivity index (χ3v) is 16.0. The van der Waals surface area contributed by atoms with E-state index < -0.39 is 5.31 Å². The number of aryl methyl sites for hydroxylation is 2. The molecular weight excluding hydrogens is 465 g/mol. The van der Waals surface area contributed by atoms with E-state index in [-0.39, 0.29) is 0 Å². The van der Waals surface area contributed by atoms with Gasteiger partial charge in [-0.3, -0.25) is 0 Å². The van der Waals surface area contributed by atoms with Crippen molar-refractivity contribution in [3.63, 3.8) is 0 Å². The number of benzene rings is 3. The maximum atomic E-state index is 6.19. The van der Waals surface area contributed by atoms with Crippen molar-refractivity contribution < 1.29 is 4.57 Å². The first-order chi connectivity index (χ1) is 15.0. The summed E-state index contributed by atoms with van der Waals surface area (Å²) in [6.45, 7) is 2.78. The number of rotatable bonds is 7. The Morgan fingerprint density at radius 3 is 1.65 bits per heavy atom. The van der Waals surface area contributed by atoms with Crippen LogP contribution in [0.5, 0.6) is 0 Å². The summed E-state index contributed by atoms with van der Waals surface area (Å²) >= 11 is 4.50. The number of hydrogen-bond donors (Lipinski definition) is 1. The Bertz CT molecular complexity index is 1050. The fraction of sp³-hybridized carbons (Fsp3) is 0.154. The van der Waals surface area contributed by atoms with E-state index in [0.717, 1.165) is 24.8 Å². The molecule has 2 N–H and O–H groups in total. The molecule has 158 valence electrons. The number of nitrogens with zero attached hydrogens (tertiary/aromatic N) is 2. The van der Waals surface area contributed by atoms with E-state index >= 15 is 0 Å². The third-order valence-electron chi connectivity index (χ3n) is 5.94. The summed E-state index contributed by atoms with van der Waals surface area (Å²) in [6.07, 6.45) is 3.97. The molecule has 0 aliphatic rings. The molecule has 0 unspecified atom stereocenters. The van der Waals surface area contributed by atoms with Crippen molar-refractivity contribution in [3.05, 3.63) is 109 Å². The van der Waals surface area contributed by atoms with E-state index in [2.05, 4.69) is 111 Å². The molecule has 31 heavy (non-hydrogen) atoms. The van der Waals surface area contributed by atoms with Crippen molar-refractivity contribution in [1.82, 2.24) is 4.98 Å². The number of aromatic nitrogens is 2. The van der Waals surface area contributed by atoms with Gasteiger partial charge in [0.15, 0.2) is 0 Å². The van der Waals surface area contributed by atoms with Crippen LogP contribution in [-0.2, 0) is 6.54 Å². The Labute approximate surface area is 192 Å². The van der Waals surface area contributed by atoms with Crippen molar-refractivity contribution >= 4 is 42.7 Å². The molecular formula is C26H28BrN3P+. The zero-order valence-electron chi connectivity index (χ0n) is 17.7. The van der Waals surface area contributed by atoms with Gasteiger partial charge in [0.1, 0.15) is 0 Å². The quantitative estimate of drug-likeness (QED) is 0.305. The predicted octanol–water partition coefficient (Wildman–Crippen LogP) is 4.49. The summed E-state index contributed by atoms with van der Waals surface area (Å²) in [4.78, 5) is 4.42. The van der Waals surface area contributed by atoms with Crippen molar-refractivity contribution in [2.24, 2.45) is 0 Å². The Morgan fingerprint density at radius 1 is 0.774 bits per heavy atom. The van der Waals surface area contributed by atoms with Gasteiger partial charge in [0.05, 0.1) is 0 Å². The average Bonchev–Trinajstić information content (AvgIpc) is 2.82. The molecule has 0 spiro atoms. The number of hydrogen-bond acceptors (Lipinski definition) is 2. The number of nitrogens with two attached hydrogens (primary N) is 1. The fourth-order valence-electron chi connectivity index (χ4n) is 4.33. The van der Waals surface area contributed by atoms with Gasteiger partial charge in [0.2, 0.25) is 0 Å². The molecule has 0 aliphatic heterocycles. The molecule has 4 rings (SSSR count). The second kappa shape index (κ2) is 8.90. The van der Waals surface area contributed by atoms with E-state index in [0.29, 0.717) is 5.95 Å². The van der Waals surface area contributed by atoms with E-state index in [1.807, 2.05) is 23.8 Å². The van der Waals surface area contributed by atoms with Crippen LogP contribution in [0.1, 0.15) is 12.1 Å². The summed E-state index contributed by atoms with van der Waals surface area (Å²) in [6, 6.07) is 34.7. The molecule has 3 aromatic carbocycles. The topological polar surface area (TPSA) is 42.8 Å². The first-order valence-corrected chi connectivity index (χ1v) is 15.0. The molecule has 0 bridgehead atoms. The van der Waals surface area contributed by atoms with Gasteiger partial charge in [-0.1, -0.05) is 0 Å². The summed E-state index contributed by atoms with van der Waals surface area (Å²) in [5, 5.41) is 1.13. The first kappa shape index (κ1) is 21.7. The molecule has 5 heteroatoms. The fourth-order valence-corrected chi connectivity index (χ4v) is 12.0. The van der Waals surface area contributed by atoms with Crippen LogP contribution in [0.3, 0.4) is 0 Å². The average molecular weight is 493 g/mol. The van der Waals surface area contributed by atoms with Crippen LogP contribution in [0.15, 0.2) is 103 Å². The van der Waals surface area contributed by atoms with Crippen molar-refractivity contribution in [2.75, 3.05) is 11.9 Å². The van der Waals surface area contributed by atoms with Gasteiger partial charge in [-0.2, -0.15) is 0 Å². The molecule has 0 fully saturated rings. The van der Waals surface area contributed by atoms with Crippen LogP contribution in [0.25, 0.3) is 0 Å². The maximum absolute atomic E-state index is 6.19. The minimum absolute atomic E-state index is 0.564. The third kappa shape index (κ3) is 4.03. The monoisotopic (exact) mass is 492 g/mol. The second-order valence-corrected chi connectivity index (χ2v) is 16.9. The normalized spacial score (nSPS) is 12.8. The van der Waals surface area contributed by atoms with E-state index in [1.165, 1.54) is 15.9 Å². The molecule has 3 nitrogen and oxygen atoms in total. The van der Waals surface area contributed by atoms with Gasteiger partial charge in [0, 0.05) is 0 Å². The summed E-state index contributed by atoms with van der Waals surface area (Å²) in [5.74, 6) is 0.564. The van der Waals surface area contributed by atoms with Gasteiger partial charge < -0.3 is 0 Å². The molecule has 0 aliphatic carbocycles. The molecule has 1 aromatic heterocycles. The molecule has 0 saturated heterocycles. The predicted molar refractivity (Wildman–Crippen MR) is 137 cm³/mol. The minimum atomic E-state index is -2.88. The van der Waals surface area contributed by atoms with E-state index in [4.69, 9.17) is 5.73 Å². The van der Waals surface area contributed by atoms with Crippen LogP contribution in [0.4, 0.5) is 5.95 Å². The second-order valence-electron chi connectivity index (χ2n) is 7.89. The van der Waals surface area contributed by atoms with Crippen LogP contribution >= 0.6 is 20.8 Å². The van der Waals surface area contributed by atoms with Crippen molar-refractivity contribution in [1.29, 1.82) is 0 Å². The standard InChI is InChI=1S/C26H27BrN3P/c1-22-18-20-30(26(28)29-22)19-11-21-31(27,23-12-5-2-6-13-23,24-14-7-3-8-15-24)25-16-9-4-10-17-25/h2-10,12-18,20,28H,11,19,21H2,1H3/p+1. The summed E-state index contributed by atoms with van der Waals surface area (Å²) in [7, 11) is 0. The number of halogens is 1. The van der Waals surface area contributed by atoms with Gasteiger partial charge in [-0.15, -0.1) is 0 Å². The summed E-state index contributed by atoms with van der Waals surface area (Å²) < 4.78 is 2.04. The SMILES string of the molecule is Cc1cc[n+](CCCP(Br)(c2ccccc2)(c2ccccc2)c2ccccc2)c(N)n1.